The molecule has 1 rings (SSSR count). The predicted octanol–water partition coefficient (Wildman–Crippen LogP) is 2.40. The van der Waals surface area contributed by atoms with Crippen molar-refractivity contribution in [3.05, 3.63) is 33.9 Å². The molecule has 0 N–H and O–H groups in total. The van der Waals surface area contributed by atoms with Gasteiger partial charge in [-0.15, -0.1) is 0 Å². The molecule has 25 heavy (non-hydrogen) atoms. The van der Waals surface area contributed by atoms with E-state index < -0.39 is 26.4 Å². The maximum atomic E-state index is 12.7. The molecule has 0 aliphatic carbocycles. The molecule has 0 heterocycles. The second-order valence-electron chi connectivity index (χ2n) is 6.13. The van der Waals surface area contributed by atoms with Crippen LogP contribution in [0.5, 0.6) is 0 Å². The number of carbonyl (C=O) groups is 1. The number of rotatable bonds is 8. The normalized spacial score (nSPS) is 11.2. The fourth-order valence-electron chi connectivity index (χ4n) is 2.12. The maximum Gasteiger partial charge on any atom is 0.271 e. The Labute approximate surface area is 147 Å². The number of nitrogens with zero attached hydrogens (tertiary/aromatic N) is 3. The molecular formula is C16H21N3O5S. The first-order chi connectivity index (χ1) is 11.6. The molecule has 0 radical (unpaired) electrons. The zero-order valence-corrected chi connectivity index (χ0v) is 15.2. The predicted molar refractivity (Wildman–Crippen MR) is 91.8 cm³/mol. The molecule has 136 valence electrons. The van der Waals surface area contributed by atoms with Gasteiger partial charge in [0.05, 0.1) is 22.3 Å². The molecule has 0 bridgehead atoms. The number of carbonyl (C=O) groups excluding carboxylic acids is 1. The van der Waals surface area contributed by atoms with Gasteiger partial charge in [-0.1, -0.05) is 13.8 Å². The van der Waals surface area contributed by atoms with Gasteiger partial charge >= 0.3 is 0 Å². The van der Waals surface area contributed by atoms with Gasteiger partial charge in [-0.25, -0.2) is 8.42 Å². The van der Waals surface area contributed by atoms with Gasteiger partial charge in [0.2, 0.25) is 0 Å². The van der Waals surface area contributed by atoms with Crippen molar-refractivity contribution in [2.24, 2.45) is 5.92 Å². The highest BCUT2D eigenvalue weighted by molar-refractivity contribution is 7.90. The summed E-state index contributed by atoms with van der Waals surface area (Å²) in [6.07, 6.45) is 1.75. The summed E-state index contributed by atoms with van der Waals surface area (Å²) in [6, 6.07) is 5.09. The molecule has 0 saturated heterocycles. The fraction of sp³-hybridized carbons (Fsp3) is 0.500. The van der Waals surface area contributed by atoms with Gasteiger partial charge in [-0.05, 0) is 18.4 Å². The minimum atomic E-state index is -3.71. The van der Waals surface area contributed by atoms with Crippen molar-refractivity contribution >= 4 is 21.4 Å². The number of nitro groups is 1. The van der Waals surface area contributed by atoms with Gasteiger partial charge in [-0.3, -0.25) is 14.9 Å². The van der Waals surface area contributed by atoms with Crippen molar-refractivity contribution in [3.8, 4) is 6.07 Å². The number of hydrogen-bond acceptors (Lipinski definition) is 6. The second-order valence-corrected chi connectivity index (χ2v) is 8.14. The van der Waals surface area contributed by atoms with Crippen LogP contribution < -0.4 is 0 Å². The molecule has 8 nitrogen and oxygen atoms in total. The van der Waals surface area contributed by atoms with Crippen molar-refractivity contribution in [1.82, 2.24) is 4.90 Å². The van der Waals surface area contributed by atoms with Crippen LogP contribution >= 0.6 is 0 Å². The van der Waals surface area contributed by atoms with Crippen LogP contribution in [0.15, 0.2) is 23.1 Å². The third-order valence-corrected chi connectivity index (χ3v) is 4.63. The molecule has 9 heteroatoms. The van der Waals surface area contributed by atoms with E-state index in [0.29, 0.717) is 18.9 Å². The molecule has 1 aromatic rings. The average Bonchev–Trinajstić information content (AvgIpc) is 2.52. The van der Waals surface area contributed by atoms with Crippen LogP contribution in [0.2, 0.25) is 0 Å². The first kappa shape index (κ1) is 20.6. The summed E-state index contributed by atoms with van der Waals surface area (Å²) in [5.41, 5.74) is -0.535. The zero-order valence-electron chi connectivity index (χ0n) is 14.4. The Kier molecular flexibility index (Phi) is 7.06. The summed E-state index contributed by atoms with van der Waals surface area (Å²) in [4.78, 5) is 24.2. The second kappa shape index (κ2) is 8.58. The molecule has 1 amide bonds. The van der Waals surface area contributed by atoms with Crippen LogP contribution in [-0.4, -0.2) is 43.5 Å². The Morgan fingerprint density at radius 3 is 2.44 bits per heavy atom. The highest BCUT2D eigenvalue weighted by Gasteiger charge is 2.22. The molecule has 0 saturated carbocycles. The summed E-state index contributed by atoms with van der Waals surface area (Å²) < 4.78 is 23.5. The molecule has 1 aromatic carbocycles. The summed E-state index contributed by atoms with van der Waals surface area (Å²) in [5, 5.41) is 19.8. The highest BCUT2D eigenvalue weighted by Crippen LogP contribution is 2.22. The molecule has 0 unspecified atom stereocenters. The Balaban J connectivity index is 3.29. The van der Waals surface area contributed by atoms with Crippen LogP contribution in [0.4, 0.5) is 5.69 Å². The number of hydrogen-bond donors (Lipinski definition) is 0. The number of nitriles is 1. The first-order valence-corrected chi connectivity index (χ1v) is 9.61. The zero-order chi connectivity index (χ0) is 19.2. The van der Waals surface area contributed by atoms with Crippen molar-refractivity contribution in [3.63, 3.8) is 0 Å². The lowest BCUT2D eigenvalue weighted by atomic mass is 10.1. The largest absolute Gasteiger partial charge is 0.338 e. The Morgan fingerprint density at radius 1 is 1.32 bits per heavy atom. The number of benzene rings is 1. The van der Waals surface area contributed by atoms with Gasteiger partial charge in [0.15, 0.2) is 9.84 Å². The van der Waals surface area contributed by atoms with E-state index in [1.807, 2.05) is 19.9 Å². The van der Waals surface area contributed by atoms with Crippen molar-refractivity contribution in [2.75, 3.05) is 19.3 Å². The molecule has 0 aliphatic rings. The third kappa shape index (κ3) is 6.15. The summed E-state index contributed by atoms with van der Waals surface area (Å²) in [6.45, 7) is 4.54. The third-order valence-electron chi connectivity index (χ3n) is 3.53. The van der Waals surface area contributed by atoms with Gasteiger partial charge in [-0.2, -0.15) is 5.26 Å². The minimum absolute atomic E-state index is 0.0729. The fourth-order valence-corrected chi connectivity index (χ4v) is 2.80. The maximum absolute atomic E-state index is 12.7. The monoisotopic (exact) mass is 367 g/mol. The van der Waals surface area contributed by atoms with E-state index in [9.17, 15) is 23.3 Å². The van der Waals surface area contributed by atoms with Crippen molar-refractivity contribution in [1.29, 1.82) is 5.26 Å². The van der Waals surface area contributed by atoms with E-state index in [1.54, 1.807) is 0 Å². The molecule has 0 aliphatic heterocycles. The Morgan fingerprint density at radius 2 is 1.96 bits per heavy atom. The number of nitro benzene ring substituents is 1. The van der Waals surface area contributed by atoms with E-state index in [1.165, 1.54) is 4.90 Å². The number of non-ortho nitro benzene ring substituents is 1. The van der Waals surface area contributed by atoms with E-state index in [2.05, 4.69) is 0 Å². The molecular weight excluding hydrogens is 346 g/mol. The topological polar surface area (TPSA) is 121 Å². The SMILES string of the molecule is CC(C)CCN(CCC#N)C(=O)c1cc([N+](=O)[O-])cc(S(C)(=O)=O)c1. The molecule has 0 aromatic heterocycles. The quantitative estimate of drug-likeness (QED) is 0.514. The highest BCUT2D eigenvalue weighted by atomic mass is 32.2. The lowest BCUT2D eigenvalue weighted by Crippen LogP contribution is -2.33. The number of amides is 1. The van der Waals surface area contributed by atoms with E-state index in [-0.39, 0.29) is 23.4 Å². The van der Waals surface area contributed by atoms with Crippen molar-refractivity contribution < 1.29 is 18.1 Å². The number of sulfone groups is 1. The van der Waals surface area contributed by atoms with Gasteiger partial charge in [0, 0.05) is 37.0 Å². The van der Waals surface area contributed by atoms with Crippen LogP contribution in [-0.2, 0) is 9.84 Å². The molecule has 0 spiro atoms. The van der Waals surface area contributed by atoms with Crippen LogP contribution in [0.3, 0.4) is 0 Å². The van der Waals surface area contributed by atoms with Crippen molar-refractivity contribution in [2.45, 2.75) is 31.6 Å². The van der Waals surface area contributed by atoms with Gasteiger partial charge < -0.3 is 4.90 Å². The average molecular weight is 367 g/mol. The standard InChI is InChI=1S/C16H21N3O5S/c1-12(2)5-8-18(7-4-6-17)16(20)13-9-14(19(21)22)11-15(10-13)25(3,23)24/h9-12H,4-5,7-8H2,1-3H3. The summed E-state index contributed by atoms with van der Waals surface area (Å²) >= 11 is 0. The van der Waals surface area contributed by atoms with Gasteiger partial charge in [0.1, 0.15) is 0 Å². The van der Waals surface area contributed by atoms with Crippen LogP contribution in [0, 0.1) is 27.4 Å². The first-order valence-electron chi connectivity index (χ1n) is 7.72. The van der Waals surface area contributed by atoms with Crippen LogP contribution in [0.1, 0.15) is 37.0 Å². The lowest BCUT2D eigenvalue weighted by Gasteiger charge is -2.23. The van der Waals surface area contributed by atoms with Crippen LogP contribution in [0.25, 0.3) is 0 Å². The molecule has 0 atom stereocenters. The molecule has 0 fully saturated rings. The lowest BCUT2D eigenvalue weighted by molar-refractivity contribution is -0.385. The summed E-state index contributed by atoms with van der Waals surface area (Å²) in [7, 11) is -3.71. The Bertz CT molecular complexity index is 796. The van der Waals surface area contributed by atoms with E-state index in [4.69, 9.17) is 5.26 Å². The van der Waals surface area contributed by atoms with E-state index in [0.717, 1.165) is 24.5 Å². The minimum Gasteiger partial charge on any atom is -0.338 e. The van der Waals surface area contributed by atoms with Gasteiger partial charge in [0.25, 0.3) is 11.6 Å². The smallest absolute Gasteiger partial charge is 0.271 e. The Hall–Kier alpha value is -2.47. The summed E-state index contributed by atoms with van der Waals surface area (Å²) in [5.74, 6) is -0.196. The van der Waals surface area contributed by atoms with E-state index >= 15 is 0 Å².